The normalized spacial score (nSPS) is 10.7. The van der Waals surface area contributed by atoms with Crippen LogP contribution >= 0.6 is 0 Å². The summed E-state index contributed by atoms with van der Waals surface area (Å²) in [6.07, 6.45) is 3.25. The Labute approximate surface area is 157 Å². The number of nitrogens with one attached hydrogen (secondary N) is 2. The number of hydrogen-bond acceptors (Lipinski definition) is 4. The molecule has 2 aromatic heterocycles. The van der Waals surface area contributed by atoms with E-state index < -0.39 is 0 Å². The van der Waals surface area contributed by atoms with Gasteiger partial charge in [0.05, 0.1) is 17.5 Å². The molecule has 2 heterocycles. The van der Waals surface area contributed by atoms with Crippen molar-refractivity contribution in [3.05, 3.63) is 66.1 Å². The van der Waals surface area contributed by atoms with E-state index in [1.165, 1.54) is 6.92 Å². The molecule has 0 unspecified atom stereocenters. The van der Waals surface area contributed by atoms with Crippen LogP contribution in [-0.2, 0) is 4.79 Å². The second-order valence-electron chi connectivity index (χ2n) is 6.41. The average Bonchev–Trinajstić information content (AvgIpc) is 3.09. The van der Waals surface area contributed by atoms with Gasteiger partial charge in [0.2, 0.25) is 5.91 Å². The van der Waals surface area contributed by atoms with Crippen LogP contribution in [0.1, 0.15) is 42.7 Å². The zero-order chi connectivity index (χ0) is 19.4. The van der Waals surface area contributed by atoms with Gasteiger partial charge in [0, 0.05) is 24.5 Å². The third-order valence-corrected chi connectivity index (χ3v) is 3.93. The molecule has 0 atom stereocenters. The Hall–Kier alpha value is -3.48. The number of aromatic nitrogens is 3. The van der Waals surface area contributed by atoms with Gasteiger partial charge in [-0.2, -0.15) is 5.10 Å². The molecule has 1 aromatic carbocycles. The molecule has 0 spiro atoms. The van der Waals surface area contributed by atoms with Crippen molar-refractivity contribution in [2.75, 3.05) is 10.6 Å². The van der Waals surface area contributed by atoms with Crippen LogP contribution < -0.4 is 10.6 Å². The average molecular weight is 363 g/mol. The molecule has 7 nitrogen and oxygen atoms in total. The summed E-state index contributed by atoms with van der Waals surface area (Å²) in [5, 5.41) is 9.93. The maximum atomic E-state index is 12.8. The molecule has 0 aliphatic heterocycles. The first-order chi connectivity index (χ1) is 13.0. The van der Waals surface area contributed by atoms with Gasteiger partial charge in [0.25, 0.3) is 5.91 Å². The molecular formula is C20H21N5O2. The molecule has 0 fully saturated rings. The van der Waals surface area contributed by atoms with E-state index in [-0.39, 0.29) is 17.7 Å². The minimum absolute atomic E-state index is 0.0809. The maximum absolute atomic E-state index is 12.8. The van der Waals surface area contributed by atoms with Crippen molar-refractivity contribution < 1.29 is 9.59 Å². The van der Waals surface area contributed by atoms with E-state index in [1.54, 1.807) is 41.3 Å². The highest BCUT2D eigenvalue weighted by Gasteiger charge is 2.21. The van der Waals surface area contributed by atoms with Crippen molar-refractivity contribution in [2.24, 2.45) is 0 Å². The molecule has 0 saturated carbocycles. The molecule has 27 heavy (non-hydrogen) atoms. The van der Waals surface area contributed by atoms with Crippen molar-refractivity contribution in [1.82, 2.24) is 14.8 Å². The van der Waals surface area contributed by atoms with Crippen LogP contribution in [-0.4, -0.2) is 26.6 Å². The molecular weight excluding hydrogens is 342 g/mol. The minimum atomic E-state index is -0.242. The molecule has 0 aliphatic carbocycles. The number of amides is 2. The fourth-order valence-electron chi connectivity index (χ4n) is 2.79. The molecule has 2 amide bonds. The molecule has 0 radical (unpaired) electrons. The summed E-state index contributed by atoms with van der Waals surface area (Å²) >= 11 is 0. The number of anilines is 2. The first kappa shape index (κ1) is 18.3. The van der Waals surface area contributed by atoms with E-state index in [2.05, 4.69) is 20.7 Å². The Morgan fingerprint density at radius 2 is 1.67 bits per heavy atom. The second kappa shape index (κ2) is 7.82. The van der Waals surface area contributed by atoms with Crippen LogP contribution in [0.25, 0.3) is 5.82 Å². The summed E-state index contributed by atoms with van der Waals surface area (Å²) < 4.78 is 1.69. The van der Waals surface area contributed by atoms with Crippen molar-refractivity contribution >= 4 is 23.2 Å². The third-order valence-electron chi connectivity index (χ3n) is 3.93. The molecule has 3 rings (SSSR count). The van der Waals surface area contributed by atoms with Gasteiger partial charge in [-0.15, -0.1) is 0 Å². The van der Waals surface area contributed by atoms with Gasteiger partial charge in [0.1, 0.15) is 0 Å². The van der Waals surface area contributed by atoms with E-state index in [4.69, 9.17) is 0 Å². The van der Waals surface area contributed by atoms with Crippen LogP contribution in [0.2, 0.25) is 0 Å². The number of benzene rings is 1. The molecule has 7 heteroatoms. The third kappa shape index (κ3) is 4.20. The Kier molecular flexibility index (Phi) is 5.30. The Bertz CT molecular complexity index is 946. The quantitative estimate of drug-likeness (QED) is 0.725. The van der Waals surface area contributed by atoms with E-state index in [9.17, 15) is 9.59 Å². The van der Waals surface area contributed by atoms with Gasteiger partial charge in [-0.3, -0.25) is 9.59 Å². The lowest BCUT2D eigenvalue weighted by Crippen LogP contribution is -2.15. The standard InChI is InChI=1S/C20H21N5O2/c1-13(2)19-17(12-22-25(19)18-6-4-5-11-21-18)20(27)24-16-9-7-15(8-10-16)23-14(3)26/h4-13H,1-3H3,(H,23,26)(H,24,27). The predicted molar refractivity (Wildman–Crippen MR) is 104 cm³/mol. The first-order valence-electron chi connectivity index (χ1n) is 8.64. The summed E-state index contributed by atoms with van der Waals surface area (Å²) in [7, 11) is 0. The Morgan fingerprint density at radius 1 is 1.00 bits per heavy atom. The summed E-state index contributed by atoms with van der Waals surface area (Å²) in [6, 6.07) is 12.5. The van der Waals surface area contributed by atoms with Crippen LogP contribution in [0, 0.1) is 0 Å². The summed E-state index contributed by atoms with van der Waals surface area (Å²) in [5.41, 5.74) is 2.60. The molecule has 2 N–H and O–H groups in total. The lowest BCUT2D eigenvalue weighted by atomic mass is 10.1. The molecule has 0 bridgehead atoms. The van der Waals surface area contributed by atoms with E-state index in [0.717, 1.165) is 5.69 Å². The summed E-state index contributed by atoms with van der Waals surface area (Å²) in [6.45, 7) is 5.47. The zero-order valence-electron chi connectivity index (χ0n) is 15.4. The molecule has 138 valence electrons. The van der Waals surface area contributed by atoms with E-state index >= 15 is 0 Å². The van der Waals surface area contributed by atoms with Gasteiger partial charge in [0.15, 0.2) is 5.82 Å². The highest BCUT2D eigenvalue weighted by atomic mass is 16.2. The number of pyridine rings is 1. The zero-order valence-corrected chi connectivity index (χ0v) is 15.4. The van der Waals surface area contributed by atoms with Gasteiger partial charge >= 0.3 is 0 Å². The molecule has 3 aromatic rings. The number of nitrogens with zero attached hydrogens (tertiary/aromatic N) is 3. The van der Waals surface area contributed by atoms with Gasteiger partial charge in [-0.25, -0.2) is 9.67 Å². The van der Waals surface area contributed by atoms with Crippen LogP contribution in [0.3, 0.4) is 0 Å². The predicted octanol–water partition coefficient (Wildman–Crippen LogP) is 3.60. The van der Waals surface area contributed by atoms with Crippen LogP contribution in [0.15, 0.2) is 54.9 Å². The number of carbonyl (C=O) groups is 2. The SMILES string of the molecule is CC(=O)Nc1ccc(NC(=O)c2cnn(-c3ccccn3)c2C(C)C)cc1. The molecule has 0 saturated heterocycles. The van der Waals surface area contributed by atoms with Crippen molar-refractivity contribution in [3.63, 3.8) is 0 Å². The second-order valence-corrected chi connectivity index (χ2v) is 6.41. The van der Waals surface area contributed by atoms with Crippen LogP contribution in [0.4, 0.5) is 11.4 Å². The largest absolute Gasteiger partial charge is 0.326 e. The lowest BCUT2D eigenvalue weighted by Gasteiger charge is -2.12. The number of hydrogen-bond donors (Lipinski definition) is 2. The molecule has 0 aliphatic rings. The first-order valence-corrected chi connectivity index (χ1v) is 8.64. The fraction of sp³-hybridized carbons (Fsp3) is 0.200. The fourth-order valence-corrected chi connectivity index (χ4v) is 2.79. The number of rotatable bonds is 5. The van der Waals surface area contributed by atoms with Crippen molar-refractivity contribution in [2.45, 2.75) is 26.7 Å². The summed E-state index contributed by atoms with van der Waals surface area (Å²) in [5.74, 6) is 0.362. The highest BCUT2D eigenvalue weighted by Crippen LogP contribution is 2.23. The van der Waals surface area contributed by atoms with E-state index in [1.807, 2.05) is 32.0 Å². The van der Waals surface area contributed by atoms with E-state index in [0.29, 0.717) is 22.8 Å². The van der Waals surface area contributed by atoms with Crippen molar-refractivity contribution in [1.29, 1.82) is 0 Å². The summed E-state index contributed by atoms with van der Waals surface area (Å²) in [4.78, 5) is 28.2. The van der Waals surface area contributed by atoms with Gasteiger partial charge in [-0.05, 0) is 42.3 Å². The van der Waals surface area contributed by atoms with Gasteiger partial charge < -0.3 is 10.6 Å². The number of carbonyl (C=O) groups excluding carboxylic acids is 2. The monoisotopic (exact) mass is 363 g/mol. The highest BCUT2D eigenvalue weighted by molar-refractivity contribution is 6.05. The minimum Gasteiger partial charge on any atom is -0.326 e. The Balaban J connectivity index is 1.85. The Morgan fingerprint density at radius 3 is 2.22 bits per heavy atom. The maximum Gasteiger partial charge on any atom is 0.259 e. The topological polar surface area (TPSA) is 88.9 Å². The van der Waals surface area contributed by atoms with Crippen LogP contribution in [0.5, 0.6) is 0 Å². The lowest BCUT2D eigenvalue weighted by molar-refractivity contribution is -0.114. The smallest absolute Gasteiger partial charge is 0.259 e. The van der Waals surface area contributed by atoms with Gasteiger partial charge in [-0.1, -0.05) is 19.9 Å². The van der Waals surface area contributed by atoms with Crippen molar-refractivity contribution in [3.8, 4) is 5.82 Å².